The van der Waals surface area contributed by atoms with Crippen molar-refractivity contribution in [1.82, 2.24) is 14.3 Å². The van der Waals surface area contributed by atoms with E-state index in [9.17, 15) is 8.42 Å². The SMILES string of the molecule is O=S(=O)(c1ccccc1)n1c(C[C@H]2CCCN2)cc2cc(Br)cnc21. The van der Waals surface area contributed by atoms with Gasteiger partial charge in [-0.25, -0.2) is 17.4 Å². The van der Waals surface area contributed by atoms with Crippen LogP contribution in [-0.4, -0.2) is 30.0 Å². The van der Waals surface area contributed by atoms with Crippen molar-refractivity contribution in [2.24, 2.45) is 0 Å². The third kappa shape index (κ3) is 3.12. The minimum atomic E-state index is -3.70. The zero-order valence-corrected chi connectivity index (χ0v) is 15.9. The number of aromatic nitrogens is 2. The monoisotopic (exact) mass is 419 g/mol. The Balaban J connectivity index is 1.90. The summed E-state index contributed by atoms with van der Waals surface area (Å²) in [5.41, 5.74) is 1.24. The molecule has 5 nitrogen and oxygen atoms in total. The molecule has 0 radical (unpaired) electrons. The highest BCUT2D eigenvalue weighted by molar-refractivity contribution is 9.10. The van der Waals surface area contributed by atoms with Crippen molar-refractivity contribution >= 4 is 37.0 Å². The predicted molar refractivity (Wildman–Crippen MR) is 101 cm³/mol. The standard InChI is InChI=1S/C18H18BrN3O2S/c19-14-9-13-10-16(11-15-5-4-8-20-15)22(18(13)21-12-14)25(23,24)17-6-2-1-3-7-17/h1-3,6-7,9-10,12,15,20H,4-5,8,11H2/t15-/m1/s1. The fourth-order valence-corrected chi connectivity index (χ4v) is 5.27. The Hall–Kier alpha value is -1.70. The van der Waals surface area contributed by atoms with Crippen LogP contribution in [0.4, 0.5) is 0 Å². The van der Waals surface area contributed by atoms with Gasteiger partial charge >= 0.3 is 0 Å². The summed E-state index contributed by atoms with van der Waals surface area (Å²) < 4.78 is 28.8. The van der Waals surface area contributed by atoms with Gasteiger partial charge in [0.2, 0.25) is 0 Å². The van der Waals surface area contributed by atoms with E-state index in [-0.39, 0.29) is 4.90 Å². The average molecular weight is 420 g/mol. The fourth-order valence-electron chi connectivity index (χ4n) is 3.39. The van der Waals surface area contributed by atoms with Gasteiger partial charge in [0.25, 0.3) is 10.0 Å². The van der Waals surface area contributed by atoms with E-state index in [1.807, 2.05) is 18.2 Å². The molecule has 130 valence electrons. The van der Waals surface area contributed by atoms with Crippen LogP contribution in [0.2, 0.25) is 0 Å². The summed E-state index contributed by atoms with van der Waals surface area (Å²) in [5.74, 6) is 0. The Morgan fingerprint density at radius 3 is 2.76 bits per heavy atom. The number of pyridine rings is 1. The summed E-state index contributed by atoms with van der Waals surface area (Å²) in [5, 5.41) is 4.26. The summed E-state index contributed by atoms with van der Waals surface area (Å²) >= 11 is 3.42. The van der Waals surface area contributed by atoms with Gasteiger partial charge < -0.3 is 5.32 Å². The van der Waals surface area contributed by atoms with E-state index in [4.69, 9.17) is 0 Å². The first kappa shape index (κ1) is 16.8. The van der Waals surface area contributed by atoms with Gasteiger partial charge in [0.15, 0.2) is 5.65 Å². The van der Waals surface area contributed by atoms with Gasteiger partial charge in [0.05, 0.1) is 4.90 Å². The van der Waals surface area contributed by atoms with Crippen molar-refractivity contribution in [3.05, 3.63) is 58.8 Å². The van der Waals surface area contributed by atoms with E-state index < -0.39 is 10.0 Å². The van der Waals surface area contributed by atoms with Crippen molar-refractivity contribution < 1.29 is 8.42 Å². The molecule has 0 amide bonds. The third-order valence-corrected chi connectivity index (χ3v) is 6.73. The second-order valence-corrected chi connectivity index (χ2v) is 8.98. The van der Waals surface area contributed by atoms with Gasteiger partial charge in [0, 0.05) is 34.2 Å². The minimum Gasteiger partial charge on any atom is -0.314 e. The van der Waals surface area contributed by atoms with Crippen LogP contribution in [0.15, 0.2) is 58.0 Å². The van der Waals surface area contributed by atoms with E-state index in [2.05, 4.69) is 26.2 Å². The van der Waals surface area contributed by atoms with Crippen LogP contribution in [0.5, 0.6) is 0 Å². The third-order valence-electron chi connectivity index (χ3n) is 4.54. The topological polar surface area (TPSA) is 64.0 Å². The first-order valence-electron chi connectivity index (χ1n) is 8.25. The molecule has 2 aromatic heterocycles. The van der Waals surface area contributed by atoms with Crippen LogP contribution in [0.1, 0.15) is 18.5 Å². The summed E-state index contributed by atoms with van der Waals surface area (Å²) in [6, 6.07) is 12.7. The second kappa shape index (κ2) is 6.55. The molecule has 1 aromatic carbocycles. The Morgan fingerprint density at radius 2 is 2.04 bits per heavy atom. The van der Waals surface area contributed by atoms with Crippen LogP contribution in [0, 0.1) is 0 Å². The van der Waals surface area contributed by atoms with Gasteiger partial charge in [0.1, 0.15) is 0 Å². The highest BCUT2D eigenvalue weighted by Gasteiger charge is 2.26. The second-order valence-electron chi connectivity index (χ2n) is 6.28. The van der Waals surface area contributed by atoms with Crippen LogP contribution >= 0.6 is 15.9 Å². The van der Waals surface area contributed by atoms with Crippen LogP contribution in [0.25, 0.3) is 11.0 Å². The average Bonchev–Trinajstić information content (AvgIpc) is 3.23. The van der Waals surface area contributed by atoms with E-state index in [0.29, 0.717) is 18.1 Å². The lowest BCUT2D eigenvalue weighted by Gasteiger charge is -2.14. The van der Waals surface area contributed by atoms with Gasteiger partial charge in [-0.05, 0) is 59.6 Å². The number of rotatable bonds is 4. The van der Waals surface area contributed by atoms with E-state index in [1.165, 1.54) is 3.97 Å². The highest BCUT2D eigenvalue weighted by atomic mass is 79.9. The summed E-state index contributed by atoms with van der Waals surface area (Å²) in [7, 11) is -3.70. The Bertz CT molecular complexity index is 1010. The lowest BCUT2D eigenvalue weighted by molar-refractivity contribution is 0.572. The number of fused-ring (bicyclic) bond motifs is 1. The molecule has 1 atom stereocenters. The fraction of sp³-hybridized carbons (Fsp3) is 0.278. The Labute approximate surface area is 155 Å². The Morgan fingerprint density at radius 1 is 1.24 bits per heavy atom. The van der Waals surface area contributed by atoms with E-state index in [0.717, 1.165) is 34.9 Å². The molecule has 1 fully saturated rings. The highest BCUT2D eigenvalue weighted by Crippen LogP contribution is 2.28. The molecule has 1 aliphatic heterocycles. The largest absolute Gasteiger partial charge is 0.314 e. The molecule has 25 heavy (non-hydrogen) atoms. The zero-order chi connectivity index (χ0) is 17.4. The molecule has 0 bridgehead atoms. The van der Waals surface area contributed by atoms with E-state index in [1.54, 1.807) is 30.5 Å². The van der Waals surface area contributed by atoms with Crippen molar-refractivity contribution in [1.29, 1.82) is 0 Å². The molecule has 0 saturated carbocycles. The first-order chi connectivity index (χ1) is 12.1. The smallest absolute Gasteiger partial charge is 0.269 e. The molecule has 0 spiro atoms. The van der Waals surface area contributed by atoms with E-state index >= 15 is 0 Å². The quantitative estimate of drug-likeness (QED) is 0.704. The zero-order valence-electron chi connectivity index (χ0n) is 13.5. The van der Waals surface area contributed by atoms with Crippen LogP contribution in [0.3, 0.4) is 0 Å². The normalized spacial score (nSPS) is 18.0. The van der Waals surface area contributed by atoms with Crippen LogP contribution < -0.4 is 5.32 Å². The molecule has 3 heterocycles. The maximum atomic E-state index is 13.3. The molecular formula is C18H18BrN3O2S. The van der Waals surface area contributed by atoms with Gasteiger partial charge in [-0.2, -0.15) is 0 Å². The Kier molecular flexibility index (Phi) is 4.39. The van der Waals surface area contributed by atoms with Crippen molar-refractivity contribution in [3.63, 3.8) is 0 Å². The van der Waals surface area contributed by atoms with Gasteiger partial charge in [-0.15, -0.1) is 0 Å². The molecule has 4 rings (SSSR count). The molecule has 7 heteroatoms. The first-order valence-corrected chi connectivity index (χ1v) is 10.5. The summed E-state index contributed by atoms with van der Waals surface area (Å²) in [6.07, 6.45) is 4.49. The maximum Gasteiger partial charge on any atom is 0.269 e. The summed E-state index contributed by atoms with van der Waals surface area (Å²) in [4.78, 5) is 4.66. The predicted octanol–water partition coefficient (Wildman–Crippen LogP) is 3.33. The maximum absolute atomic E-state index is 13.3. The van der Waals surface area contributed by atoms with Gasteiger partial charge in [-0.3, -0.25) is 0 Å². The molecule has 1 aliphatic rings. The molecular weight excluding hydrogens is 402 g/mol. The molecule has 0 aliphatic carbocycles. The number of hydrogen-bond acceptors (Lipinski definition) is 4. The van der Waals surface area contributed by atoms with Gasteiger partial charge in [-0.1, -0.05) is 18.2 Å². The lowest BCUT2D eigenvalue weighted by atomic mass is 10.1. The lowest BCUT2D eigenvalue weighted by Crippen LogP contribution is -2.26. The summed E-state index contributed by atoms with van der Waals surface area (Å²) in [6.45, 7) is 0.986. The van der Waals surface area contributed by atoms with Crippen molar-refractivity contribution in [2.75, 3.05) is 6.54 Å². The van der Waals surface area contributed by atoms with Crippen molar-refractivity contribution in [3.8, 4) is 0 Å². The van der Waals surface area contributed by atoms with Crippen molar-refractivity contribution in [2.45, 2.75) is 30.2 Å². The number of benzene rings is 1. The molecule has 3 aromatic rings. The number of halogens is 1. The minimum absolute atomic E-state index is 0.276. The molecule has 1 N–H and O–H groups in total. The number of nitrogens with one attached hydrogen (secondary N) is 1. The molecule has 1 saturated heterocycles. The molecule has 0 unspecified atom stereocenters. The van der Waals surface area contributed by atoms with Crippen LogP contribution in [-0.2, 0) is 16.4 Å². The number of nitrogens with zero attached hydrogens (tertiary/aromatic N) is 2. The number of hydrogen-bond donors (Lipinski definition) is 1.